The van der Waals surface area contributed by atoms with Crippen molar-refractivity contribution in [2.75, 3.05) is 6.61 Å². The quantitative estimate of drug-likeness (QED) is 0.311. The third-order valence-corrected chi connectivity index (χ3v) is 4.68. The molecular formula is C19H20BrIN2O3. The molecule has 5 nitrogen and oxygen atoms in total. The summed E-state index contributed by atoms with van der Waals surface area (Å²) >= 11 is 5.56. The molecule has 2 rings (SSSR count). The summed E-state index contributed by atoms with van der Waals surface area (Å²) < 4.78 is 13.2. The second-order valence-electron chi connectivity index (χ2n) is 5.61. The largest absolute Gasteiger partial charge is 0.490 e. The predicted molar refractivity (Wildman–Crippen MR) is 115 cm³/mol. The molecule has 0 spiro atoms. The van der Waals surface area contributed by atoms with Crippen LogP contribution in [0.4, 0.5) is 0 Å². The molecule has 0 aliphatic rings. The van der Waals surface area contributed by atoms with Crippen molar-refractivity contribution in [3.05, 3.63) is 55.6 Å². The van der Waals surface area contributed by atoms with Crippen molar-refractivity contribution in [3.63, 3.8) is 0 Å². The van der Waals surface area contributed by atoms with E-state index in [0.717, 1.165) is 19.4 Å². The first kappa shape index (κ1) is 20.7. The topological polar surface area (TPSA) is 59.9 Å². The molecule has 0 radical (unpaired) electrons. The molecule has 7 heteroatoms. The minimum Gasteiger partial charge on any atom is -0.490 e. The van der Waals surface area contributed by atoms with E-state index in [4.69, 9.17) is 9.47 Å². The second kappa shape index (κ2) is 9.91. The molecule has 0 aliphatic carbocycles. The van der Waals surface area contributed by atoms with Crippen LogP contribution >= 0.6 is 38.5 Å². The Bertz CT molecular complexity index is 809. The zero-order valence-corrected chi connectivity index (χ0v) is 18.5. The lowest BCUT2D eigenvalue weighted by Crippen LogP contribution is -2.18. The van der Waals surface area contributed by atoms with Crippen LogP contribution in [0.3, 0.4) is 0 Å². The minimum absolute atomic E-state index is 0.0471. The van der Waals surface area contributed by atoms with Gasteiger partial charge in [0.05, 0.1) is 28.1 Å². The van der Waals surface area contributed by atoms with Crippen LogP contribution < -0.4 is 14.9 Å². The highest BCUT2D eigenvalue weighted by Crippen LogP contribution is 2.34. The van der Waals surface area contributed by atoms with E-state index in [0.29, 0.717) is 17.9 Å². The van der Waals surface area contributed by atoms with Crippen molar-refractivity contribution < 1.29 is 14.3 Å². The maximum absolute atomic E-state index is 12.2. The van der Waals surface area contributed by atoms with Gasteiger partial charge in [0.1, 0.15) is 0 Å². The summed E-state index contributed by atoms with van der Waals surface area (Å²) in [7, 11) is 0. The molecule has 26 heavy (non-hydrogen) atoms. The molecule has 0 unspecified atom stereocenters. The summed E-state index contributed by atoms with van der Waals surface area (Å²) in [6.45, 7) is 6.39. The summed E-state index contributed by atoms with van der Waals surface area (Å²) in [6.07, 6.45) is 1.63. The SMILES string of the molecule is CCOc1cc(/C=N\NC(=O)c2ccccc2Br)cc(I)c1OC(C)C. The fourth-order valence-electron chi connectivity index (χ4n) is 2.15. The Labute approximate surface area is 175 Å². The summed E-state index contributed by atoms with van der Waals surface area (Å²) in [5, 5.41) is 4.05. The Morgan fingerprint density at radius 2 is 2.08 bits per heavy atom. The van der Waals surface area contributed by atoms with E-state index in [1.54, 1.807) is 18.3 Å². The number of hydrogen-bond acceptors (Lipinski definition) is 4. The molecule has 138 valence electrons. The van der Waals surface area contributed by atoms with Crippen LogP contribution in [0.25, 0.3) is 0 Å². The first-order chi connectivity index (χ1) is 12.4. The van der Waals surface area contributed by atoms with Crippen molar-refractivity contribution >= 4 is 50.6 Å². The van der Waals surface area contributed by atoms with E-state index in [-0.39, 0.29) is 12.0 Å². The van der Waals surface area contributed by atoms with E-state index < -0.39 is 0 Å². The van der Waals surface area contributed by atoms with Gasteiger partial charge in [-0.1, -0.05) is 12.1 Å². The molecule has 1 amide bonds. The van der Waals surface area contributed by atoms with Crippen LogP contribution in [0, 0.1) is 3.57 Å². The van der Waals surface area contributed by atoms with Gasteiger partial charge in [-0.25, -0.2) is 5.43 Å². The van der Waals surface area contributed by atoms with E-state index in [1.165, 1.54) is 0 Å². The van der Waals surface area contributed by atoms with Gasteiger partial charge in [-0.05, 0) is 89.1 Å². The van der Waals surface area contributed by atoms with Crippen molar-refractivity contribution in [2.45, 2.75) is 26.9 Å². The van der Waals surface area contributed by atoms with Gasteiger partial charge in [-0.3, -0.25) is 4.79 Å². The third-order valence-electron chi connectivity index (χ3n) is 3.18. The molecule has 0 heterocycles. The van der Waals surface area contributed by atoms with Gasteiger partial charge in [-0.15, -0.1) is 0 Å². The molecule has 0 fully saturated rings. The standard InChI is InChI=1S/C19H20BrIN2O3/c1-4-25-17-10-13(9-16(21)18(17)26-12(2)3)11-22-23-19(24)14-7-5-6-8-15(14)20/h5-12H,4H2,1-3H3,(H,23,24)/b22-11-. The fourth-order valence-corrected chi connectivity index (χ4v) is 3.36. The maximum Gasteiger partial charge on any atom is 0.272 e. The summed E-state index contributed by atoms with van der Waals surface area (Å²) in [5.74, 6) is 1.09. The van der Waals surface area contributed by atoms with Gasteiger partial charge < -0.3 is 9.47 Å². The van der Waals surface area contributed by atoms with Gasteiger partial charge in [-0.2, -0.15) is 5.10 Å². The van der Waals surface area contributed by atoms with Crippen molar-refractivity contribution in [2.24, 2.45) is 5.10 Å². The first-order valence-corrected chi connectivity index (χ1v) is 10.0. The maximum atomic E-state index is 12.2. The summed E-state index contributed by atoms with van der Waals surface area (Å²) in [5.41, 5.74) is 3.86. The lowest BCUT2D eigenvalue weighted by molar-refractivity contribution is 0.0954. The normalized spacial score (nSPS) is 11.0. The molecule has 0 bridgehead atoms. The Hall–Kier alpha value is -1.61. The number of hydrazone groups is 1. The summed E-state index contributed by atoms with van der Waals surface area (Å²) in [6, 6.07) is 11.0. The van der Waals surface area contributed by atoms with Crippen molar-refractivity contribution in [3.8, 4) is 11.5 Å². The zero-order chi connectivity index (χ0) is 19.1. The molecule has 0 aliphatic heterocycles. The fraction of sp³-hybridized carbons (Fsp3) is 0.263. The minimum atomic E-state index is -0.284. The molecule has 2 aromatic rings. The van der Waals surface area contributed by atoms with Crippen LogP contribution in [0.5, 0.6) is 11.5 Å². The number of hydrogen-bond donors (Lipinski definition) is 1. The van der Waals surface area contributed by atoms with Crippen LogP contribution in [0.2, 0.25) is 0 Å². The van der Waals surface area contributed by atoms with E-state index in [9.17, 15) is 4.79 Å². The Morgan fingerprint density at radius 3 is 2.73 bits per heavy atom. The Morgan fingerprint density at radius 1 is 1.35 bits per heavy atom. The molecule has 0 saturated heterocycles. The smallest absolute Gasteiger partial charge is 0.272 e. The Kier molecular flexibility index (Phi) is 7.89. The van der Waals surface area contributed by atoms with Crippen LogP contribution in [-0.2, 0) is 0 Å². The van der Waals surface area contributed by atoms with E-state index >= 15 is 0 Å². The lowest BCUT2D eigenvalue weighted by Gasteiger charge is -2.16. The van der Waals surface area contributed by atoms with Crippen LogP contribution in [-0.4, -0.2) is 24.8 Å². The molecular weight excluding hydrogens is 511 g/mol. The molecule has 1 N–H and O–H groups in total. The highest BCUT2D eigenvalue weighted by molar-refractivity contribution is 14.1. The van der Waals surface area contributed by atoms with Gasteiger partial charge in [0, 0.05) is 4.47 Å². The van der Waals surface area contributed by atoms with Gasteiger partial charge >= 0.3 is 0 Å². The van der Waals surface area contributed by atoms with Crippen molar-refractivity contribution in [1.82, 2.24) is 5.43 Å². The van der Waals surface area contributed by atoms with Gasteiger partial charge in [0.2, 0.25) is 0 Å². The second-order valence-corrected chi connectivity index (χ2v) is 7.63. The number of amides is 1. The third kappa shape index (κ3) is 5.70. The van der Waals surface area contributed by atoms with Crippen LogP contribution in [0.15, 0.2) is 46.0 Å². The molecule has 0 saturated carbocycles. The Balaban J connectivity index is 2.17. The molecule has 0 atom stereocenters. The van der Waals surface area contributed by atoms with E-state index in [2.05, 4.69) is 49.0 Å². The van der Waals surface area contributed by atoms with Gasteiger partial charge in [0.15, 0.2) is 11.5 Å². The highest BCUT2D eigenvalue weighted by atomic mass is 127. The lowest BCUT2D eigenvalue weighted by atomic mass is 10.2. The number of halogens is 2. The summed E-state index contributed by atoms with van der Waals surface area (Å²) in [4.78, 5) is 12.2. The number of nitrogens with zero attached hydrogens (tertiary/aromatic N) is 1. The van der Waals surface area contributed by atoms with Crippen molar-refractivity contribution in [1.29, 1.82) is 0 Å². The monoisotopic (exact) mass is 530 g/mol. The van der Waals surface area contributed by atoms with Gasteiger partial charge in [0.25, 0.3) is 5.91 Å². The van der Waals surface area contributed by atoms with E-state index in [1.807, 2.05) is 45.0 Å². The van der Waals surface area contributed by atoms with Crippen LogP contribution in [0.1, 0.15) is 36.7 Å². The number of rotatable bonds is 7. The molecule has 2 aromatic carbocycles. The number of ether oxygens (including phenoxy) is 2. The zero-order valence-electron chi connectivity index (χ0n) is 14.8. The number of benzene rings is 2. The average molecular weight is 531 g/mol. The number of carbonyl (C=O) groups is 1. The number of carbonyl (C=O) groups excluding carboxylic acids is 1. The average Bonchev–Trinajstić information content (AvgIpc) is 2.58. The predicted octanol–water partition coefficient (Wildman–Crippen LogP) is 5.00. The number of nitrogens with one attached hydrogen (secondary N) is 1. The highest BCUT2D eigenvalue weighted by Gasteiger charge is 2.13. The first-order valence-electron chi connectivity index (χ1n) is 8.13. The molecule has 0 aromatic heterocycles.